The molecule has 1 N–H and O–H groups in total. The van der Waals surface area contributed by atoms with Crippen LogP contribution >= 0.6 is 0 Å². The van der Waals surface area contributed by atoms with E-state index in [0.29, 0.717) is 6.04 Å². The van der Waals surface area contributed by atoms with Crippen LogP contribution in [0.1, 0.15) is 51.2 Å². The van der Waals surface area contributed by atoms with Crippen LogP contribution in [0.25, 0.3) is 0 Å². The Balaban J connectivity index is 1.97. The van der Waals surface area contributed by atoms with Crippen molar-refractivity contribution < 1.29 is 0 Å². The van der Waals surface area contributed by atoms with E-state index in [1.165, 1.54) is 55.5 Å². The maximum atomic E-state index is 3.49. The van der Waals surface area contributed by atoms with Crippen molar-refractivity contribution >= 4 is 5.69 Å². The summed E-state index contributed by atoms with van der Waals surface area (Å²) in [5, 5.41) is 3.49. The number of rotatable bonds is 7. The van der Waals surface area contributed by atoms with Crippen molar-refractivity contribution in [2.45, 2.75) is 58.9 Å². The van der Waals surface area contributed by atoms with Crippen molar-refractivity contribution in [1.29, 1.82) is 0 Å². The van der Waals surface area contributed by atoms with E-state index in [-0.39, 0.29) is 0 Å². The SMILES string of the molecule is CCCCN(CC)C(C)Cc1ccc2c(c1)CCCN2. The number of anilines is 1. The Hall–Kier alpha value is -1.02. The predicted molar refractivity (Wildman–Crippen MR) is 88.6 cm³/mol. The van der Waals surface area contributed by atoms with Crippen LogP contribution < -0.4 is 5.32 Å². The molecule has 1 heterocycles. The minimum Gasteiger partial charge on any atom is -0.385 e. The number of unbranched alkanes of at least 4 members (excludes halogenated alkanes) is 1. The van der Waals surface area contributed by atoms with E-state index < -0.39 is 0 Å². The third kappa shape index (κ3) is 3.99. The Labute approximate surface area is 124 Å². The lowest BCUT2D eigenvalue weighted by molar-refractivity contribution is 0.215. The summed E-state index contributed by atoms with van der Waals surface area (Å²) in [7, 11) is 0. The standard InChI is InChI=1S/C18H30N2/c1-4-6-12-20(5-2)15(3)13-16-9-10-18-17(14-16)8-7-11-19-18/h9-10,14-15,19H,4-8,11-13H2,1-3H3. The number of likely N-dealkylation sites (N-methyl/N-ethyl adjacent to an activating group) is 1. The first-order valence-corrected chi connectivity index (χ1v) is 8.34. The van der Waals surface area contributed by atoms with Crippen molar-refractivity contribution in [3.8, 4) is 0 Å². The van der Waals surface area contributed by atoms with Gasteiger partial charge in [-0.2, -0.15) is 0 Å². The fraction of sp³-hybridized carbons (Fsp3) is 0.667. The highest BCUT2D eigenvalue weighted by Gasteiger charge is 2.14. The fourth-order valence-electron chi connectivity index (χ4n) is 3.18. The van der Waals surface area contributed by atoms with Crippen molar-refractivity contribution in [3.05, 3.63) is 29.3 Å². The summed E-state index contributed by atoms with van der Waals surface area (Å²) in [5.41, 5.74) is 4.36. The lowest BCUT2D eigenvalue weighted by Gasteiger charge is -2.28. The van der Waals surface area contributed by atoms with Crippen LogP contribution in [-0.2, 0) is 12.8 Å². The minimum absolute atomic E-state index is 0.640. The Kier molecular flexibility index (Phi) is 5.90. The molecule has 0 saturated heterocycles. The van der Waals surface area contributed by atoms with E-state index in [4.69, 9.17) is 0 Å². The number of nitrogens with zero attached hydrogens (tertiary/aromatic N) is 1. The van der Waals surface area contributed by atoms with E-state index in [2.05, 4.69) is 49.2 Å². The zero-order valence-corrected chi connectivity index (χ0v) is 13.4. The number of hydrogen-bond acceptors (Lipinski definition) is 2. The van der Waals surface area contributed by atoms with Crippen molar-refractivity contribution in [1.82, 2.24) is 4.90 Å². The molecule has 2 heteroatoms. The molecule has 20 heavy (non-hydrogen) atoms. The van der Waals surface area contributed by atoms with Gasteiger partial charge in [0.25, 0.3) is 0 Å². The van der Waals surface area contributed by atoms with Crippen LogP contribution in [0.2, 0.25) is 0 Å². The lowest BCUT2D eigenvalue weighted by atomic mass is 9.97. The molecule has 0 fully saturated rings. The molecule has 1 aliphatic heterocycles. The van der Waals surface area contributed by atoms with Gasteiger partial charge in [0.05, 0.1) is 0 Å². The molecule has 1 aliphatic rings. The summed E-state index contributed by atoms with van der Waals surface area (Å²) in [6.45, 7) is 10.5. The number of aryl methyl sites for hydroxylation is 1. The van der Waals surface area contributed by atoms with Crippen LogP contribution in [0, 0.1) is 0 Å². The maximum Gasteiger partial charge on any atom is 0.0372 e. The largest absolute Gasteiger partial charge is 0.385 e. The maximum absolute atomic E-state index is 3.49. The Bertz CT molecular complexity index is 414. The van der Waals surface area contributed by atoms with Gasteiger partial charge in [-0.1, -0.05) is 32.4 Å². The molecule has 1 aromatic rings. The second-order valence-corrected chi connectivity index (χ2v) is 6.06. The van der Waals surface area contributed by atoms with Crippen molar-refractivity contribution in [2.75, 3.05) is 25.0 Å². The van der Waals surface area contributed by atoms with Gasteiger partial charge in [0.2, 0.25) is 0 Å². The monoisotopic (exact) mass is 274 g/mol. The summed E-state index contributed by atoms with van der Waals surface area (Å²) in [6, 6.07) is 7.65. The van der Waals surface area contributed by atoms with E-state index in [9.17, 15) is 0 Å². The summed E-state index contributed by atoms with van der Waals surface area (Å²) in [5.74, 6) is 0. The number of hydrogen-bond donors (Lipinski definition) is 1. The first kappa shape index (κ1) is 15.4. The molecule has 1 unspecified atom stereocenters. The van der Waals surface area contributed by atoms with Gasteiger partial charge in [-0.25, -0.2) is 0 Å². The third-order valence-corrected chi connectivity index (χ3v) is 4.47. The van der Waals surface area contributed by atoms with Crippen LogP contribution in [0.15, 0.2) is 18.2 Å². The number of fused-ring (bicyclic) bond motifs is 1. The molecule has 0 spiro atoms. The average molecular weight is 274 g/mol. The highest BCUT2D eigenvalue weighted by Crippen LogP contribution is 2.24. The molecule has 0 aromatic heterocycles. The summed E-state index contributed by atoms with van der Waals surface area (Å²) in [6.07, 6.45) is 6.27. The topological polar surface area (TPSA) is 15.3 Å². The van der Waals surface area contributed by atoms with Crippen molar-refractivity contribution in [3.63, 3.8) is 0 Å². The summed E-state index contributed by atoms with van der Waals surface area (Å²) in [4.78, 5) is 2.61. The molecule has 1 atom stereocenters. The Morgan fingerprint density at radius 1 is 1.30 bits per heavy atom. The normalized spacial score (nSPS) is 15.8. The van der Waals surface area contributed by atoms with Crippen LogP contribution in [0.5, 0.6) is 0 Å². The highest BCUT2D eigenvalue weighted by atomic mass is 15.1. The smallest absolute Gasteiger partial charge is 0.0372 e. The lowest BCUT2D eigenvalue weighted by Crippen LogP contribution is -2.35. The third-order valence-electron chi connectivity index (χ3n) is 4.47. The first-order chi connectivity index (χ1) is 9.74. The molecule has 2 rings (SSSR count). The summed E-state index contributed by atoms with van der Waals surface area (Å²) < 4.78 is 0. The zero-order valence-electron chi connectivity index (χ0n) is 13.4. The molecule has 0 bridgehead atoms. The van der Waals surface area contributed by atoms with Gasteiger partial charge >= 0.3 is 0 Å². The van der Waals surface area contributed by atoms with Gasteiger partial charge in [-0.3, -0.25) is 0 Å². The Morgan fingerprint density at radius 3 is 2.90 bits per heavy atom. The van der Waals surface area contributed by atoms with Gasteiger partial charge < -0.3 is 10.2 Å². The van der Waals surface area contributed by atoms with Gasteiger partial charge in [0.1, 0.15) is 0 Å². The van der Waals surface area contributed by atoms with Crippen molar-refractivity contribution in [2.24, 2.45) is 0 Å². The Morgan fingerprint density at radius 2 is 2.15 bits per heavy atom. The van der Waals surface area contributed by atoms with Crippen LogP contribution in [0.3, 0.4) is 0 Å². The quantitative estimate of drug-likeness (QED) is 0.805. The molecule has 0 radical (unpaired) electrons. The second-order valence-electron chi connectivity index (χ2n) is 6.06. The van der Waals surface area contributed by atoms with Gasteiger partial charge in [-0.15, -0.1) is 0 Å². The van der Waals surface area contributed by atoms with Crippen LogP contribution in [0.4, 0.5) is 5.69 Å². The molecule has 0 aliphatic carbocycles. The molecule has 0 amide bonds. The fourth-order valence-corrected chi connectivity index (χ4v) is 3.18. The average Bonchev–Trinajstić information content (AvgIpc) is 2.48. The van der Waals surface area contributed by atoms with E-state index >= 15 is 0 Å². The highest BCUT2D eigenvalue weighted by molar-refractivity contribution is 5.54. The summed E-state index contributed by atoms with van der Waals surface area (Å²) >= 11 is 0. The molecular weight excluding hydrogens is 244 g/mol. The molecule has 112 valence electrons. The van der Waals surface area contributed by atoms with Gasteiger partial charge in [0, 0.05) is 18.3 Å². The van der Waals surface area contributed by atoms with Gasteiger partial charge in [-0.05, 0) is 62.9 Å². The number of benzene rings is 1. The minimum atomic E-state index is 0.640. The zero-order chi connectivity index (χ0) is 14.4. The number of nitrogens with one attached hydrogen (secondary N) is 1. The molecule has 1 aromatic carbocycles. The van der Waals surface area contributed by atoms with Crippen LogP contribution in [-0.4, -0.2) is 30.6 Å². The first-order valence-electron chi connectivity index (χ1n) is 8.34. The molecule has 2 nitrogen and oxygen atoms in total. The molecule has 0 saturated carbocycles. The predicted octanol–water partition coefficient (Wildman–Crippen LogP) is 4.10. The van der Waals surface area contributed by atoms with Gasteiger partial charge in [0.15, 0.2) is 0 Å². The second kappa shape index (κ2) is 7.68. The van der Waals surface area contributed by atoms with E-state index in [1.54, 1.807) is 0 Å². The van der Waals surface area contributed by atoms with E-state index in [1.807, 2.05) is 0 Å². The van der Waals surface area contributed by atoms with E-state index in [0.717, 1.165) is 13.1 Å². The molecular formula is C18H30N2.